The second-order valence-corrected chi connectivity index (χ2v) is 5.69. The van der Waals surface area contributed by atoms with Crippen LogP contribution in [0.25, 0.3) is 0 Å². The van der Waals surface area contributed by atoms with Crippen LogP contribution in [0, 0.1) is 5.92 Å². The molecule has 1 heterocycles. The molecule has 0 saturated carbocycles. The lowest BCUT2D eigenvalue weighted by atomic mass is 9.96. The zero-order valence-electron chi connectivity index (χ0n) is 12.3. The Bertz CT molecular complexity index is 392. The molecule has 1 aliphatic heterocycles. The molecule has 1 aromatic rings. The molecule has 0 radical (unpaired) electrons. The van der Waals surface area contributed by atoms with E-state index in [0.717, 1.165) is 26.1 Å². The van der Waals surface area contributed by atoms with Crippen LogP contribution in [0.4, 0.5) is 0 Å². The summed E-state index contributed by atoms with van der Waals surface area (Å²) >= 11 is 0. The Hall–Kier alpha value is -0.900. The topological polar surface area (TPSA) is 33.3 Å². The predicted octanol–water partition coefficient (Wildman–Crippen LogP) is 2.48. The van der Waals surface area contributed by atoms with Crippen molar-refractivity contribution in [3.8, 4) is 0 Å². The number of benzene rings is 1. The van der Waals surface area contributed by atoms with Gasteiger partial charge in [-0.2, -0.15) is 0 Å². The molecule has 0 amide bonds. The zero-order valence-corrected chi connectivity index (χ0v) is 12.3. The molecule has 0 spiro atoms. The molecule has 0 aromatic heterocycles. The van der Waals surface area contributed by atoms with Crippen LogP contribution in [0.1, 0.15) is 37.4 Å². The van der Waals surface area contributed by atoms with E-state index in [9.17, 15) is 0 Å². The van der Waals surface area contributed by atoms with E-state index in [1.54, 1.807) is 7.11 Å². The maximum Gasteiger partial charge on any atom is 0.0618 e. The molecule has 3 heteroatoms. The third-order valence-electron chi connectivity index (χ3n) is 3.92. The van der Waals surface area contributed by atoms with Crippen LogP contribution < -0.4 is 10.6 Å². The van der Waals surface area contributed by atoms with Crippen molar-refractivity contribution in [2.45, 2.75) is 38.9 Å². The Morgan fingerprint density at radius 3 is 2.89 bits per heavy atom. The van der Waals surface area contributed by atoms with Crippen LogP contribution in [0.15, 0.2) is 24.3 Å². The van der Waals surface area contributed by atoms with Crippen molar-refractivity contribution in [2.24, 2.45) is 5.92 Å². The quantitative estimate of drug-likeness (QED) is 0.855. The van der Waals surface area contributed by atoms with Gasteiger partial charge in [0.15, 0.2) is 0 Å². The fourth-order valence-corrected chi connectivity index (χ4v) is 2.70. The van der Waals surface area contributed by atoms with Crippen molar-refractivity contribution < 1.29 is 4.74 Å². The minimum absolute atomic E-state index is 0.404. The molecule has 1 aliphatic rings. The predicted molar refractivity (Wildman–Crippen MR) is 79.1 cm³/mol. The Labute approximate surface area is 116 Å². The summed E-state index contributed by atoms with van der Waals surface area (Å²) in [6.45, 7) is 7.30. The van der Waals surface area contributed by atoms with Gasteiger partial charge in [-0.15, -0.1) is 0 Å². The standard InChI is InChI=1S/C16H26N2O/c1-12(2)16(11-19-3)18-15-8-9-17-10-13-6-4-5-7-14(13)15/h4-7,12,15-18H,8-11H2,1-3H3. The van der Waals surface area contributed by atoms with Gasteiger partial charge >= 0.3 is 0 Å². The van der Waals surface area contributed by atoms with E-state index in [0.29, 0.717) is 18.0 Å². The van der Waals surface area contributed by atoms with E-state index in [-0.39, 0.29) is 0 Å². The average Bonchev–Trinajstić information content (AvgIpc) is 2.61. The average molecular weight is 262 g/mol. The van der Waals surface area contributed by atoms with Crippen LogP contribution in [0.5, 0.6) is 0 Å². The van der Waals surface area contributed by atoms with E-state index in [1.165, 1.54) is 11.1 Å². The molecular weight excluding hydrogens is 236 g/mol. The minimum Gasteiger partial charge on any atom is -0.383 e. The Morgan fingerprint density at radius 2 is 2.16 bits per heavy atom. The lowest BCUT2D eigenvalue weighted by Crippen LogP contribution is -2.40. The van der Waals surface area contributed by atoms with Gasteiger partial charge in [-0.3, -0.25) is 0 Å². The van der Waals surface area contributed by atoms with Gasteiger partial charge in [0, 0.05) is 25.7 Å². The number of rotatable bonds is 5. The Balaban J connectivity index is 2.14. The number of nitrogens with one attached hydrogen (secondary N) is 2. The highest BCUT2D eigenvalue weighted by Gasteiger charge is 2.22. The SMILES string of the molecule is COCC(NC1CCNCc2ccccc21)C(C)C. The largest absolute Gasteiger partial charge is 0.383 e. The molecule has 3 nitrogen and oxygen atoms in total. The van der Waals surface area contributed by atoms with E-state index in [1.807, 2.05) is 0 Å². The third kappa shape index (κ3) is 3.78. The van der Waals surface area contributed by atoms with Gasteiger partial charge in [0.2, 0.25) is 0 Å². The van der Waals surface area contributed by atoms with Gasteiger partial charge in [-0.1, -0.05) is 38.1 Å². The highest BCUT2D eigenvalue weighted by atomic mass is 16.5. The highest BCUT2D eigenvalue weighted by molar-refractivity contribution is 5.31. The zero-order chi connectivity index (χ0) is 13.7. The lowest BCUT2D eigenvalue weighted by Gasteiger charge is -2.28. The van der Waals surface area contributed by atoms with Crippen LogP contribution in [-0.4, -0.2) is 26.3 Å². The summed E-state index contributed by atoms with van der Waals surface area (Å²) in [5.41, 5.74) is 2.85. The number of fused-ring (bicyclic) bond motifs is 1. The maximum absolute atomic E-state index is 5.35. The first-order valence-corrected chi connectivity index (χ1v) is 7.26. The van der Waals surface area contributed by atoms with Gasteiger partial charge in [0.1, 0.15) is 0 Å². The van der Waals surface area contributed by atoms with Crippen molar-refractivity contribution >= 4 is 0 Å². The lowest BCUT2D eigenvalue weighted by molar-refractivity contribution is 0.139. The summed E-state index contributed by atoms with van der Waals surface area (Å²) in [5, 5.41) is 7.28. The molecule has 2 atom stereocenters. The smallest absolute Gasteiger partial charge is 0.0618 e. The van der Waals surface area contributed by atoms with Crippen LogP contribution in [0.2, 0.25) is 0 Å². The molecule has 0 fully saturated rings. The first-order chi connectivity index (χ1) is 9.22. The normalized spacial score (nSPS) is 20.9. The van der Waals surface area contributed by atoms with Crippen molar-refractivity contribution in [1.29, 1.82) is 0 Å². The fraction of sp³-hybridized carbons (Fsp3) is 0.625. The van der Waals surface area contributed by atoms with Crippen molar-refractivity contribution in [1.82, 2.24) is 10.6 Å². The van der Waals surface area contributed by atoms with Gasteiger partial charge in [-0.25, -0.2) is 0 Å². The van der Waals surface area contributed by atoms with Crippen LogP contribution in [0.3, 0.4) is 0 Å². The van der Waals surface area contributed by atoms with Crippen molar-refractivity contribution in [3.63, 3.8) is 0 Å². The van der Waals surface area contributed by atoms with Gasteiger partial charge in [0.05, 0.1) is 6.61 Å². The second kappa shape index (κ2) is 7.04. The van der Waals surface area contributed by atoms with Crippen molar-refractivity contribution in [3.05, 3.63) is 35.4 Å². The van der Waals surface area contributed by atoms with E-state index >= 15 is 0 Å². The summed E-state index contributed by atoms with van der Waals surface area (Å²) in [7, 11) is 1.78. The first kappa shape index (κ1) is 14.5. The molecule has 0 bridgehead atoms. The monoisotopic (exact) mass is 262 g/mol. The second-order valence-electron chi connectivity index (χ2n) is 5.69. The van der Waals surface area contributed by atoms with Gasteiger partial charge in [-0.05, 0) is 30.0 Å². The molecule has 2 unspecified atom stereocenters. The van der Waals surface area contributed by atoms with Crippen molar-refractivity contribution in [2.75, 3.05) is 20.3 Å². The summed E-state index contributed by atoms with van der Waals surface area (Å²) in [6, 6.07) is 9.57. The van der Waals surface area contributed by atoms with E-state index in [2.05, 4.69) is 48.7 Å². The molecule has 0 saturated heterocycles. The Morgan fingerprint density at radius 1 is 1.37 bits per heavy atom. The van der Waals surface area contributed by atoms with E-state index < -0.39 is 0 Å². The maximum atomic E-state index is 5.35. The number of hydrogen-bond acceptors (Lipinski definition) is 3. The van der Waals surface area contributed by atoms with Crippen LogP contribution in [-0.2, 0) is 11.3 Å². The summed E-state index contributed by atoms with van der Waals surface area (Å²) < 4.78 is 5.35. The molecular formula is C16H26N2O. The highest BCUT2D eigenvalue weighted by Crippen LogP contribution is 2.24. The molecule has 106 valence electrons. The molecule has 0 aliphatic carbocycles. The molecule has 1 aromatic carbocycles. The number of methoxy groups -OCH3 is 1. The van der Waals surface area contributed by atoms with Gasteiger partial charge in [0.25, 0.3) is 0 Å². The third-order valence-corrected chi connectivity index (χ3v) is 3.92. The molecule has 2 N–H and O–H groups in total. The minimum atomic E-state index is 0.404. The summed E-state index contributed by atoms with van der Waals surface area (Å²) in [5.74, 6) is 0.573. The van der Waals surface area contributed by atoms with Crippen LogP contribution >= 0.6 is 0 Å². The number of hydrogen-bond donors (Lipinski definition) is 2. The van der Waals surface area contributed by atoms with E-state index in [4.69, 9.17) is 4.74 Å². The number of ether oxygens (including phenoxy) is 1. The summed E-state index contributed by atoms with van der Waals surface area (Å²) in [6.07, 6.45) is 1.13. The fourth-order valence-electron chi connectivity index (χ4n) is 2.70. The molecule has 2 rings (SSSR count). The van der Waals surface area contributed by atoms with Gasteiger partial charge < -0.3 is 15.4 Å². The first-order valence-electron chi connectivity index (χ1n) is 7.26. The summed E-state index contributed by atoms with van der Waals surface area (Å²) in [4.78, 5) is 0. The molecule has 19 heavy (non-hydrogen) atoms. The Kier molecular flexibility index (Phi) is 5.37.